The van der Waals surface area contributed by atoms with E-state index in [4.69, 9.17) is 4.74 Å². The Balaban J connectivity index is 1.88. The van der Waals surface area contributed by atoms with Crippen LogP contribution in [0, 0.1) is 11.8 Å². The molecule has 2 unspecified atom stereocenters. The molecule has 3 nitrogen and oxygen atoms in total. The van der Waals surface area contributed by atoms with Crippen LogP contribution in [-0.2, 0) is 11.2 Å². The molecule has 2 aromatic rings. The van der Waals surface area contributed by atoms with E-state index in [1.165, 1.54) is 11.9 Å². The van der Waals surface area contributed by atoms with Crippen molar-refractivity contribution in [2.75, 3.05) is 7.11 Å². The molecule has 0 radical (unpaired) electrons. The Hall–Kier alpha value is -2.98. The van der Waals surface area contributed by atoms with Crippen LogP contribution in [0.1, 0.15) is 5.56 Å². The number of carbonyl (C=O) groups is 1. The summed E-state index contributed by atoms with van der Waals surface area (Å²) in [5.41, 5.74) is 2.14. The van der Waals surface area contributed by atoms with Gasteiger partial charge in [-0.25, -0.2) is 0 Å². The second kappa shape index (κ2) is 9.99. The molecule has 0 bridgehead atoms. The van der Waals surface area contributed by atoms with Crippen LogP contribution in [0.5, 0.6) is 5.75 Å². The van der Waals surface area contributed by atoms with E-state index in [0.29, 0.717) is 6.42 Å². The third-order valence-corrected chi connectivity index (χ3v) is 5.87. The molecule has 3 rings (SSSR count). The van der Waals surface area contributed by atoms with Crippen LogP contribution >= 0.6 is 11.9 Å². The molecule has 0 aliphatic carbocycles. The fourth-order valence-corrected chi connectivity index (χ4v) is 4.24. The Morgan fingerprint density at radius 2 is 1.86 bits per heavy atom. The summed E-state index contributed by atoms with van der Waals surface area (Å²) in [6, 6.07) is 17.8. The third-order valence-electron chi connectivity index (χ3n) is 4.89. The van der Waals surface area contributed by atoms with Crippen LogP contribution < -0.4 is 4.74 Å². The monoisotopic (exact) mass is 403 g/mol. The lowest BCUT2D eigenvalue weighted by molar-refractivity contribution is -0.130. The quantitative estimate of drug-likeness (QED) is 0.410. The lowest BCUT2D eigenvalue weighted by Gasteiger charge is -2.33. The van der Waals surface area contributed by atoms with E-state index in [0.717, 1.165) is 21.8 Å². The lowest BCUT2D eigenvalue weighted by atomic mass is 9.79. The second-order valence-corrected chi connectivity index (χ2v) is 7.75. The summed E-state index contributed by atoms with van der Waals surface area (Å²) in [5, 5.41) is 0. The average Bonchev–Trinajstić information content (AvgIpc) is 2.76. The van der Waals surface area contributed by atoms with Crippen molar-refractivity contribution in [1.82, 2.24) is 4.31 Å². The van der Waals surface area contributed by atoms with E-state index in [-0.39, 0.29) is 17.7 Å². The van der Waals surface area contributed by atoms with Crippen LogP contribution in [0.3, 0.4) is 0 Å². The SMILES string of the molecule is C=C/C=C(\C=C)C1C=CN(Sc2ccc(OC)cc2)C(=O)C1Cc1ccccc1. The number of rotatable bonds is 8. The van der Waals surface area contributed by atoms with Crippen molar-refractivity contribution in [2.24, 2.45) is 11.8 Å². The molecule has 2 aromatic carbocycles. The molecule has 0 spiro atoms. The van der Waals surface area contributed by atoms with Gasteiger partial charge in [-0.2, -0.15) is 0 Å². The first kappa shape index (κ1) is 20.7. The van der Waals surface area contributed by atoms with Crippen molar-refractivity contribution < 1.29 is 9.53 Å². The van der Waals surface area contributed by atoms with Crippen molar-refractivity contribution >= 4 is 17.9 Å². The third kappa shape index (κ3) is 5.09. The number of benzene rings is 2. The minimum atomic E-state index is -0.211. The number of hydrogen-bond acceptors (Lipinski definition) is 3. The molecule has 1 aliphatic rings. The maximum absolute atomic E-state index is 13.4. The van der Waals surface area contributed by atoms with Gasteiger partial charge >= 0.3 is 0 Å². The molecule has 148 valence electrons. The van der Waals surface area contributed by atoms with Gasteiger partial charge in [0.1, 0.15) is 5.75 Å². The van der Waals surface area contributed by atoms with E-state index in [9.17, 15) is 4.79 Å². The minimum Gasteiger partial charge on any atom is -0.497 e. The molecule has 0 fully saturated rings. The number of methoxy groups -OCH3 is 1. The van der Waals surface area contributed by atoms with Gasteiger partial charge in [0.25, 0.3) is 0 Å². The van der Waals surface area contributed by atoms with Crippen LogP contribution in [0.2, 0.25) is 0 Å². The van der Waals surface area contributed by atoms with Crippen molar-refractivity contribution in [2.45, 2.75) is 11.3 Å². The number of nitrogens with zero attached hydrogens (tertiary/aromatic N) is 1. The summed E-state index contributed by atoms with van der Waals surface area (Å²) in [5.74, 6) is 0.629. The summed E-state index contributed by atoms with van der Waals surface area (Å²) >= 11 is 1.42. The highest BCUT2D eigenvalue weighted by Crippen LogP contribution is 2.36. The Labute approximate surface area is 177 Å². The van der Waals surface area contributed by atoms with E-state index in [1.807, 2.05) is 60.8 Å². The Morgan fingerprint density at radius 3 is 2.48 bits per heavy atom. The summed E-state index contributed by atoms with van der Waals surface area (Å²) in [6.45, 7) is 7.73. The predicted molar refractivity (Wildman–Crippen MR) is 120 cm³/mol. The van der Waals surface area contributed by atoms with Gasteiger partial charge in [0.05, 0.1) is 13.0 Å². The van der Waals surface area contributed by atoms with Crippen molar-refractivity contribution in [3.05, 3.63) is 109 Å². The first-order chi connectivity index (χ1) is 14.2. The highest BCUT2D eigenvalue weighted by atomic mass is 32.2. The Morgan fingerprint density at radius 1 is 1.14 bits per heavy atom. The number of ether oxygens (including phenoxy) is 1. The molecule has 0 saturated heterocycles. The fourth-order valence-electron chi connectivity index (χ4n) is 3.40. The van der Waals surface area contributed by atoms with Gasteiger partial charge in [-0.1, -0.05) is 67.8 Å². The topological polar surface area (TPSA) is 29.5 Å². The number of carbonyl (C=O) groups excluding carboxylic acids is 1. The van der Waals surface area contributed by atoms with Crippen LogP contribution in [0.25, 0.3) is 0 Å². The van der Waals surface area contributed by atoms with Crippen LogP contribution in [-0.4, -0.2) is 17.3 Å². The average molecular weight is 404 g/mol. The molecule has 2 atom stereocenters. The first-order valence-electron chi connectivity index (χ1n) is 9.48. The zero-order chi connectivity index (χ0) is 20.6. The van der Waals surface area contributed by atoms with E-state index in [2.05, 4.69) is 31.4 Å². The normalized spacial score (nSPS) is 19.1. The maximum atomic E-state index is 13.4. The second-order valence-electron chi connectivity index (χ2n) is 6.70. The standard InChI is InChI=1S/C25H25NO2S/c1-4-9-20(5-2)23-16-17-26(29-22-14-12-21(28-3)13-15-22)25(27)24(23)18-19-10-7-6-8-11-19/h4-17,23-24H,1-2,18H2,3H3/b20-9+. The van der Waals surface area contributed by atoms with Crippen LogP contribution in [0.15, 0.2) is 109 Å². The fraction of sp³-hybridized carbons (Fsp3) is 0.160. The number of hydrogen-bond donors (Lipinski definition) is 0. The zero-order valence-corrected chi connectivity index (χ0v) is 17.3. The van der Waals surface area contributed by atoms with Gasteiger partial charge in [-0.3, -0.25) is 9.10 Å². The molecule has 1 heterocycles. The Kier molecular flexibility index (Phi) is 7.14. The van der Waals surface area contributed by atoms with Gasteiger partial charge < -0.3 is 4.74 Å². The van der Waals surface area contributed by atoms with Gasteiger partial charge in [0.2, 0.25) is 5.91 Å². The molecule has 0 saturated carbocycles. The number of amides is 1. The van der Waals surface area contributed by atoms with Crippen LogP contribution in [0.4, 0.5) is 0 Å². The molecule has 4 heteroatoms. The first-order valence-corrected chi connectivity index (χ1v) is 10.3. The smallest absolute Gasteiger partial charge is 0.241 e. The summed E-state index contributed by atoms with van der Waals surface area (Å²) in [6.07, 6.45) is 10.1. The molecule has 29 heavy (non-hydrogen) atoms. The van der Waals surface area contributed by atoms with E-state index < -0.39 is 0 Å². The number of allylic oxidation sites excluding steroid dienone is 5. The molecule has 0 N–H and O–H groups in total. The highest BCUT2D eigenvalue weighted by molar-refractivity contribution is 7.97. The van der Waals surface area contributed by atoms with Gasteiger partial charge in [-0.15, -0.1) is 0 Å². The minimum absolute atomic E-state index is 0.0362. The molecule has 0 aromatic heterocycles. The highest BCUT2D eigenvalue weighted by Gasteiger charge is 2.35. The summed E-state index contributed by atoms with van der Waals surface area (Å²) in [7, 11) is 1.64. The zero-order valence-electron chi connectivity index (χ0n) is 16.5. The lowest BCUT2D eigenvalue weighted by Crippen LogP contribution is -2.37. The van der Waals surface area contributed by atoms with Crippen molar-refractivity contribution in [3.8, 4) is 5.75 Å². The molecule has 1 aliphatic heterocycles. The van der Waals surface area contributed by atoms with E-state index in [1.54, 1.807) is 17.5 Å². The van der Waals surface area contributed by atoms with Crippen molar-refractivity contribution in [1.29, 1.82) is 0 Å². The molecular formula is C25H25NO2S. The predicted octanol–water partition coefficient (Wildman–Crippen LogP) is 5.83. The summed E-state index contributed by atoms with van der Waals surface area (Å²) < 4.78 is 6.93. The maximum Gasteiger partial charge on any atom is 0.241 e. The largest absolute Gasteiger partial charge is 0.497 e. The molecule has 1 amide bonds. The van der Waals surface area contributed by atoms with Gasteiger partial charge in [-0.05, 0) is 53.8 Å². The van der Waals surface area contributed by atoms with E-state index >= 15 is 0 Å². The summed E-state index contributed by atoms with van der Waals surface area (Å²) in [4.78, 5) is 14.4. The Bertz CT molecular complexity index is 916. The van der Waals surface area contributed by atoms with Crippen molar-refractivity contribution in [3.63, 3.8) is 0 Å². The van der Waals surface area contributed by atoms with Gasteiger partial charge in [0, 0.05) is 17.0 Å². The van der Waals surface area contributed by atoms with Gasteiger partial charge in [0.15, 0.2) is 0 Å². The molecular weight excluding hydrogens is 378 g/mol.